The van der Waals surface area contributed by atoms with Crippen molar-refractivity contribution < 1.29 is 9.13 Å². The van der Waals surface area contributed by atoms with Crippen LogP contribution in [0.4, 0.5) is 4.39 Å². The minimum Gasteiger partial charge on any atom is -0.495 e. The maximum atomic E-state index is 14.1. The van der Waals surface area contributed by atoms with Crippen molar-refractivity contribution >= 4 is 27.5 Å². The molecule has 1 unspecified atom stereocenters. The highest BCUT2D eigenvalue weighted by Crippen LogP contribution is 2.31. The number of ether oxygens (including phenoxy) is 1. The summed E-state index contributed by atoms with van der Waals surface area (Å²) in [6.45, 7) is 0. The van der Waals surface area contributed by atoms with Crippen LogP contribution < -0.4 is 10.1 Å². The zero-order valence-electron chi connectivity index (χ0n) is 11.1. The first-order valence-electron chi connectivity index (χ1n) is 6.02. The number of hydrogen-bond donors (Lipinski definition) is 1. The van der Waals surface area contributed by atoms with Gasteiger partial charge in [0.05, 0.1) is 18.2 Å². The molecule has 2 rings (SSSR count). The van der Waals surface area contributed by atoms with Crippen molar-refractivity contribution in [2.45, 2.75) is 6.04 Å². The van der Waals surface area contributed by atoms with Crippen LogP contribution in [0.1, 0.15) is 17.2 Å². The van der Waals surface area contributed by atoms with E-state index in [0.717, 1.165) is 5.56 Å². The molecule has 0 aliphatic heterocycles. The summed E-state index contributed by atoms with van der Waals surface area (Å²) >= 11 is 9.27. The van der Waals surface area contributed by atoms with Gasteiger partial charge in [-0.15, -0.1) is 0 Å². The molecule has 1 atom stereocenters. The van der Waals surface area contributed by atoms with Gasteiger partial charge in [0.25, 0.3) is 0 Å². The van der Waals surface area contributed by atoms with E-state index in [1.54, 1.807) is 26.3 Å². The van der Waals surface area contributed by atoms with Gasteiger partial charge in [-0.3, -0.25) is 0 Å². The monoisotopic (exact) mass is 357 g/mol. The molecule has 0 aliphatic rings. The summed E-state index contributed by atoms with van der Waals surface area (Å²) < 4.78 is 20.0. The van der Waals surface area contributed by atoms with Gasteiger partial charge in [-0.2, -0.15) is 0 Å². The fraction of sp³-hybridized carbons (Fsp3) is 0.200. The number of benzene rings is 2. The molecular weight excluding hydrogens is 345 g/mol. The van der Waals surface area contributed by atoms with Gasteiger partial charge in [-0.1, -0.05) is 39.7 Å². The van der Waals surface area contributed by atoms with E-state index in [-0.39, 0.29) is 11.9 Å². The Bertz CT molecular complexity index is 621. The third kappa shape index (κ3) is 3.14. The maximum absolute atomic E-state index is 14.1. The van der Waals surface area contributed by atoms with Gasteiger partial charge >= 0.3 is 0 Å². The van der Waals surface area contributed by atoms with E-state index < -0.39 is 0 Å². The van der Waals surface area contributed by atoms with Crippen LogP contribution in [0, 0.1) is 5.82 Å². The quantitative estimate of drug-likeness (QED) is 0.865. The Morgan fingerprint density at radius 3 is 2.60 bits per heavy atom. The Morgan fingerprint density at radius 2 is 2.00 bits per heavy atom. The summed E-state index contributed by atoms with van der Waals surface area (Å²) in [7, 11) is 3.34. The molecule has 1 N–H and O–H groups in total. The van der Waals surface area contributed by atoms with E-state index in [1.165, 1.54) is 6.07 Å². The number of nitrogens with one attached hydrogen (secondary N) is 1. The summed E-state index contributed by atoms with van der Waals surface area (Å²) in [5.41, 5.74) is 1.45. The number of methoxy groups -OCH3 is 1. The highest BCUT2D eigenvalue weighted by atomic mass is 79.9. The Kier molecular flexibility index (Phi) is 5.02. The second kappa shape index (κ2) is 6.57. The molecule has 5 heteroatoms. The van der Waals surface area contributed by atoms with Gasteiger partial charge in [0, 0.05) is 10.0 Å². The first kappa shape index (κ1) is 15.3. The van der Waals surface area contributed by atoms with Gasteiger partial charge in [0.2, 0.25) is 0 Å². The first-order chi connectivity index (χ1) is 9.56. The molecule has 0 bridgehead atoms. The predicted octanol–water partition coefficient (Wildman–Crippen LogP) is 4.56. The third-order valence-electron chi connectivity index (χ3n) is 3.07. The lowest BCUT2D eigenvalue weighted by atomic mass is 9.98. The number of halogens is 3. The van der Waals surface area contributed by atoms with Crippen LogP contribution in [0.15, 0.2) is 40.9 Å². The molecule has 0 spiro atoms. The molecule has 106 valence electrons. The van der Waals surface area contributed by atoms with Gasteiger partial charge in [-0.05, 0) is 36.9 Å². The van der Waals surface area contributed by atoms with Crippen molar-refractivity contribution in [1.29, 1.82) is 0 Å². The highest BCUT2D eigenvalue weighted by molar-refractivity contribution is 9.10. The van der Waals surface area contributed by atoms with Crippen LogP contribution >= 0.6 is 27.5 Å². The lowest BCUT2D eigenvalue weighted by molar-refractivity contribution is 0.414. The van der Waals surface area contributed by atoms with E-state index in [1.807, 2.05) is 18.2 Å². The SMILES string of the molecule is CNC(c1ccc(Cl)c(OC)c1)c1ccc(Br)cc1F. The molecule has 0 radical (unpaired) electrons. The molecular formula is C15H14BrClFNO. The summed E-state index contributed by atoms with van der Waals surface area (Å²) in [6.07, 6.45) is 0. The Balaban J connectivity index is 2.46. The van der Waals surface area contributed by atoms with Crippen molar-refractivity contribution in [3.63, 3.8) is 0 Å². The normalized spacial score (nSPS) is 12.2. The van der Waals surface area contributed by atoms with Crippen LogP contribution in [0.2, 0.25) is 5.02 Å². The molecule has 0 saturated carbocycles. The van der Waals surface area contributed by atoms with E-state index in [0.29, 0.717) is 20.8 Å². The fourth-order valence-electron chi connectivity index (χ4n) is 2.09. The molecule has 0 saturated heterocycles. The zero-order valence-corrected chi connectivity index (χ0v) is 13.4. The molecule has 0 amide bonds. The van der Waals surface area contributed by atoms with Crippen LogP contribution in [0.25, 0.3) is 0 Å². The first-order valence-corrected chi connectivity index (χ1v) is 7.19. The van der Waals surface area contributed by atoms with Gasteiger partial charge in [0.1, 0.15) is 11.6 Å². The average Bonchev–Trinajstić information content (AvgIpc) is 2.43. The van der Waals surface area contributed by atoms with Crippen LogP contribution in [-0.2, 0) is 0 Å². The highest BCUT2D eigenvalue weighted by Gasteiger charge is 2.17. The Morgan fingerprint density at radius 1 is 1.25 bits per heavy atom. The number of hydrogen-bond acceptors (Lipinski definition) is 2. The van der Waals surface area contributed by atoms with E-state index in [9.17, 15) is 4.39 Å². The molecule has 2 aromatic rings. The lowest BCUT2D eigenvalue weighted by Crippen LogP contribution is -2.19. The van der Waals surface area contributed by atoms with Crippen molar-refractivity contribution in [1.82, 2.24) is 5.32 Å². The van der Waals surface area contributed by atoms with Crippen LogP contribution in [0.5, 0.6) is 5.75 Å². The molecule has 0 fully saturated rings. The molecule has 0 aliphatic carbocycles. The minimum absolute atomic E-state index is 0.269. The molecule has 20 heavy (non-hydrogen) atoms. The minimum atomic E-state index is -0.271. The second-order valence-electron chi connectivity index (χ2n) is 4.28. The predicted molar refractivity (Wildman–Crippen MR) is 83.0 cm³/mol. The van der Waals surface area contributed by atoms with Crippen molar-refractivity contribution in [2.24, 2.45) is 0 Å². The van der Waals surface area contributed by atoms with E-state index in [2.05, 4.69) is 21.2 Å². The number of rotatable bonds is 4. The van der Waals surface area contributed by atoms with Crippen molar-refractivity contribution in [3.8, 4) is 5.75 Å². The second-order valence-corrected chi connectivity index (χ2v) is 5.60. The van der Waals surface area contributed by atoms with Crippen LogP contribution in [-0.4, -0.2) is 14.2 Å². The van der Waals surface area contributed by atoms with Crippen LogP contribution in [0.3, 0.4) is 0 Å². The molecule has 0 aromatic heterocycles. The Labute approximate surface area is 131 Å². The summed E-state index contributed by atoms with van der Waals surface area (Å²) in [4.78, 5) is 0. The van der Waals surface area contributed by atoms with Gasteiger partial charge < -0.3 is 10.1 Å². The average molecular weight is 359 g/mol. The Hall–Kier alpha value is -1.10. The lowest BCUT2D eigenvalue weighted by Gasteiger charge is -2.19. The largest absolute Gasteiger partial charge is 0.495 e. The summed E-state index contributed by atoms with van der Waals surface area (Å²) in [5, 5.41) is 3.64. The topological polar surface area (TPSA) is 21.3 Å². The van der Waals surface area contributed by atoms with E-state index in [4.69, 9.17) is 16.3 Å². The van der Waals surface area contributed by atoms with E-state index >= 15 is 0 Å². The van der Waals surface area contributed by atoms with Crippen molar-refractivity contribution in [2.75, 3.05) is 14.2 Å². The zero-order chi connectivity index (χ0) is 14.7. The molecule has 2 nitrogen and oxygen atoms in total. The third-order valence-corrected chi connectivity index (χ3v) is 3.88. The summed E-state index contributed by atoms with van der Waals surface area (Å²) in [6, 6.07) is 10.2. The molecule has 0 heterocycles. The fourth-order valence-corrected chi connectivity index (χ4v) is 2.62. The maximum Gasteiger partial charge on any atom is 0.137 e. The van der Waals surface area contributed by atoms with Crippen molar-refractivity contribution in [3.05, 3.63) is 62.8 Å². The van der Waals surface area contributed by atoms with Gasteiger partial charge in [-0.25, -0.2) is 4.39 Å². The summed E-state index contributed by atoms with van der Waals surface area (Å²) in [5.74, 6) is 0.301. The smallest absolute Gasteiger partial charge is 0.137 e. The van der Waals surface area contributed by atoms with Gasteiger partial charge in [0.15, 0.2) is 0 Å². The standard InChI is InChI=1S/C15H14BrClFNO/c1-19-15(11-5-4-10(16)8-13(11)18)9-3-6-12(17)14(7-9)20-2/h3-8,15,19H,1-2H3. The molecule has 2 aromatic carbocycles.